The van der Waals surface area contributed by atoms with Gasteiger partial charge in [0, 0.05) is 23.3 Å². The number of hydrogen-bond acceptors (Lipinski definition) is 9. The second kappa shape index (κ2) is 8.27. The third kappa shape index (κ3) is 3.34. The number of carbonyl (C=O) groups excluding carboxylic acids is 1. The summed E-state index contributed by atoms with van der Waals surface area (Å²) in [6.07, 6.45) is 1.50. The molecule has 0 saturated heterocycles. The number of nitrogens with two attached hydrogens (primary N) is 1. The van der Waals surface area contributed by atoms with Gasteiger partial charge < -0.3 is 5.73 Å². The summed E-state index contributed by atoms with van der Waals surface area (Å²) in [6.45, 7) is 0. The second-order valence-electron chi connectivity index (χ2n) is 6.64. The smallest absolute Gasteiger partial charge is 0.219 e. The first-order chi connectivity index (χ1) is 14.6. The Labute approximate surface area is 180 Å². The van der Waals surface area contributed by atoms with Gasteiger partial charge in [0.05, 0.1) is 29.4 Å². The van der Waals surface area contributed by atoms with E-state index in [0.29, 0.717) is 40.0 Å². The molecule has 0 bridgehead atoms. The average Bonchev–Trinajstić information content (AvgIpc) is 3.20. The number of ketones is 1. The van der Waals surface area contributed by atoms with E-state index in [-0.39, 0.29) is 28.5 Å². The lowest BCUT2D eigenvalue weighted by Gasteiger charge is -2.38. The van der Waals surface area contributed by atoms with Crippen molar-refractivity contribution in [3.63, 3.8) is 0 Å². The van der Waals surface area contributed by atoms with Crippen LogP contribution in [0.25, 0.3) is 0 Å². The predicted octanol–water partition coefficient (Wildman–Crippen LogP) is 3.60. The molecular weight excluding hydrogens is 423 g/mol. The van der Waals surface area contributed by atoms with Gasteiger partial charge in [-0.15, -0.1) is 10.2 Å². The van der Waals surface area contributed by atoms with Crippen LogP contribution in [0.2, 0.25) is 0 Å². The van der Waals surface area contributed by atoms with Crippen LogP contribution >= 0.6 is 23.1 Å². The van der Waals surface area contributed by atoms with Crippen molar-refractivity contribution in [2.24, 2.45) is 5.73 Å². The van der Waals surface area contributed by atoms with E-state index >= 15 is 0 Å². The van der Waals surface area contributed by atoms with Crippen molar-refractivity contribution in [3.8, 4) is 12.1 Å². The third-order valence-electron chi connectivity index (χ3n) is 4.98. The quantitative estimate of drug-likeness (QED) is 0.719. The van der Waals surface area contributed by atoms with E-state index in [4.69, 9.17) is 11.0 Å². The standard InChI is InChI=1S/C20H15FN6OS2/c21-13-5-2-1-4-11(13)16-12(10-23)18(24)27(14-6-3-7-15(28)17(14)16)19-25-26-20(30-19)29-9-8-22/h1-2,4-5,16H,3,6-7,9,24H2. The lowest BCUT2D eigenvalue weighted by atomic mass is 9.75. The van der Waals surface area contributed by atoms with Gasteiger partial charge in [-0.05, 0) is 18.9 Å². The van der Waals surface area contributed by atoms with Gasteiger partial charge in [0.2, 0.25) is 5.13 Å². The van der Waals surface area contributed by atoms with Gasteiger partial charge in [0.15, 0.2) is 10.1 Å². The lowest BCUT2D eigenvalue weighted by Crippen LogP contribution is -2.38. The molecule has 2 N–H and O–H groups in total. The highest BCUT2D eigenvalue weighted by Gasteiger charge is 2.42. The van der Waals surface area contributed by atoms with Crippen LogP contribution in [0.5, 0.6) is 0 Å². The Bertz CT molecular complexity index is 1170. The number of allylic oxidation sites excluding steroid dienone is 3. The molecule has 2 heterocycles. The Balaban J connectivity index is 1.90. The molecular formula is C20H15FN6OS2. The van der Waals surface area contributed by atoms with E-state index in [2.05, 4.69) is 16.3 Å². The monoisotopic (exact) mass is 438 g/mol. The highest BCUT2D eigenvalue weighted by atomic mass is 32.2. The molecule has 7 nitrogen and oxygen atoms in total. The normalized spacial score (nSPS) is 18.8. The summed E-state index contributed by atoms with van der Waals surface area (Å²) in [5.41, 5.74) is 7.78. The number of nitrogens with zero attached hydrogens (tertiary/aromatic N) is 5. The van der Waals surface area contributed by atoms with Gasteiger partial charge in [0.25, 0.3) is 0 Å². The summed E-state index contributed by atoms with van der Waals surface area (Å²) in [7, 11) is 0. The number of thioether (sulfide) groups is 1. The van der Waals surface area contributed by atoms with Crippen LogP contribution in [0.3, 0.4) is 0 Å². The van der Waals surface area contributed by atoms with Gasteiger partial charge in [-0.2, -0.15) is 10.5 Å². The molecule has 30 heavy (non-hydrogen) atoms. The predicted molar refractivity (Wildman–Crippen MR) is 111 cm³/mol. The molecule has 10 heteroatoms. The van der Waals surface area contributed by atoms with Crippen LogP contribution in [0.1, 0.15) is 30.7 Å². The van der Waals surface area contributed by atoms with E-state index in [9.17, 15) is 14.4 Å². The fourth-order valence-corrected chi connectivity index (χ4v) is 5.31. The number of nitriles is 2. The van der Waals surface area contributed by atoms with Crippen molar-refractivity contribution in [3.05, 3.63) is 58.3 Å². The molecule has 0 spiro atoms. The Morgan fingerprint density at radius 2 is 2.10 bits per heavy atom. The molecule has 1 aromatic carbocycles. The summed E-state index contributed by atoms with van der Waals surface area (Å²) < 4.78 is 15.3. The number of halogens is 1. The van der Waals surface area contributed by atoms with Gasteiger partial charge in [-0.1, -0.05) is 41.3 Å². The Hall–Kier alpha value is -3.21. The minimum Gasteiger partial charge on any atom is -0.384 e. The topological polar surface area (TPSA) is 120 Å². The first-order valence-corrected chi connectivity index (χ1v) is 10.9. The maximum Gasteiger partial charge on any atom is 0.219 e. The molecule has 2 aromatic rings. The molecule has 0 saturated carbocycles. The fraction of sp³-hybridized carbons (Fsp3) is 0.250. The molecule has 4 rings (SSSR count). The summed E-state index contributed by atoms with van der Waals surface area (Å²) in [4.78, 5) is 14.6. The van der Waals surface area contributed by atoms with E-state index in [1.807, 2.05) is 6.07 Å². The van der Waals surface area contributed by atoms with Crippen molar-refractivity contribution in [2.45, 2.75) is 29.5 Å². The number of rotatable bonds is 4. The molecule has 0 radical (unpaired) electrons. The lowest BCUT2D eigenvalue weighted by molar-refractivity contribution is -0.116. The number of anilines is 1. The number of Topliss-reactive ketones (excluding diaryl/α,β-unsaturated/α-hetero) is 1. The van der Waals surface area contributed by atoms with E-state index in [1.54, 1.807) is 23.1 Å². The summed E-state index contributed by atoms with van der Waals surface area (Å²) in [5, 5.41) is 27.3. The van der Waals surface area contributed by atoms with Gasteiger partial charge in [-0.25, -0.2) is 4.39 Å². The third-order valence-corrected chi connectivity index (χ3v) is 6.89. The van der Waals surface area contributed by atoms with Crippen molar-refractivity contribution in [2.75, 3.05) is 10.7 Å². The van der Waals surface area contributed by atoms with E-state index < -0.39 is 11.7 Å². The molecule has 0 fully saturated rings. The maximum absolute atomic E-state index is 14.7. The average molecular weight is 439 g/mol. The molecule has 0 amide bonds. The molecule has 1 aliphatic heterocycles. The van der Waals surface area contributed by atoms with E-state index in [0.717, 1.165) is 0 Å². The number of carbonyl (C=O) groups is 1. The molecule has 150 valence electrons. The van der Waals surface area contributed by atoms with Crippen molar-refractivity contribution < 1.29 is 9.18 Å². The molecule has 1 aliphatic carbocycles. The van der Waals surface area contributed by atoms with Crippen molar-refractivity contribution >= 4 is 34.0 Å². The molecule has 1 aromatic heterocycles. The largest absolute Gasteiger partial charge is 0.384 e. The zero-order valence-corrected chi connectivity index (χ0v) is 17.3. The minimum absolute atomic E-state index is 0.107. The summed E-state index contributed by atoms with van der Waals surface area (Å²) >= 11 is 2.47. The first kappa shape index (κ1) is 20.1. The van der Waals surface area contributed by atoms with Gasteiger partial charge in [-0.3, -0.25) is 9.69 Å². The van der Waals surface area contributed by atoms with Gasteiger partial charge >= 0.3 is 0 Å². The highest BCUT2D eigenvalue weighted by Crippen LogP contribution is 2.47. The Morgan fingerprint density at radius 3 is 2.83 bits per heavy atom. The highest BCUT2D eigenvalue weighted by molar-refractivity contribution is 8.01. The second-order valence-corrected chi connectivity index (χ2v) is 8.81. The molecule has 1 unspecified atom stereocenters. The maximum atomic E-state index is 14.7. The first-order valence-electron chi connectivity index (χ1n) is 9.10. The number of benzene rings is 1. The fourth-order valence-electron chi connectivity index (χ4n) is 3.77. The van der Waals surface area contributed by atoms with Crippen molar-refractivity contribution in [1.29, 1.82) is 10.5 Å². The summed E-state index contributed by atoms with van der Waals surface area (Å²) in [6, 6.07) is 10.2. The van der Waals surface area contributed by atoms with Crippen LogP contribution in [0, 0.1) is 28.5 Å². The number of hydrogen-bond donors (Lipinski definition) is 1. The van der Waals surface area contributed by atoms with Crippen molar-refractivity contribution in [1.82, 2.24) is 10.2 Å². The number of aromatic nitrogens is 2. The van der Waals surface area contributed by atoms with Gasteiger partial charge in [0.1, 0.15) is 11.6 Å². The summed E-state index contributed by atoms with van der Waals surface area (Å²) in [5.74, 6) is -1.13. The van der Waals surface area contributed by atoms with Crippen LogP contribution in [-0.2, 0) is 4.79 Å². The zero-order valence-electron chi connectivity index (χ0n) is 15.6. The van der Waals surface area contributed by atoms with E-state index in [1.165, 1.54) is 29.2 Å². The Morgan fingerprint density at radius 1 is 1.30 bits per heavy atom. The van der Waals surface area contributed by atoms with Crippen LogP contribution < -0.4 is 10.6 Å². The molecule has 1 atom stereocenters. The van der Waals surface area contributed by atoms with Crippen LogP contribution in [0.15, 0.2) is 51.3 Å². The Kier molecular flexibility index (Phi) is 5.53. The van der Waals surface area contributed by atoms with Crippen LogP contribution in [-0.4, -0.2) is 21.7 Å². The zero-order chi connectivity index (χ0) is 21.3. The minimum atomic E-state index is -0.851. The SMILES string of the molecule is N#CCSc1nnc(N2C(N)=C(C#N)C(c3ccccc3F)C3=C2CCCC3=O)s1. The van der Waals surface area contributed by atoms with Crippen LogP contribution in [0.4, 0.5) is 9.52 Å². The molecule has 2 aliphatic rings.